The van der Waals surface area contributed by atoms with Crippen molar-refractivity contribution in [1.82, 2.24) is 10.2 Å². The quantitative estimate of drug-likeness (QED) is 0.743. The van der Waals surface area contributed by atoms with Gasteiger partial charge in [-0.1, -0.05) is 34.1 Å². The predicted molar refractivity (Wildman–Crippen MR) is 109 cm³/mol. The summed E-state index contributed by atoms with van der Waals surface area (Å²) in [7, 11) is 0. The Labute approximate surface area is 162 Å². The smallest absolute Gasteiger partial charge is 0.253 e. The van der Waals surface area contributed by atoms with Crippen LogP contribution in [0.4, 0.5) is 5.69 Å². The van der Waals surface area contributed by atoms with E-state index in [0.717, 1.165) is 27.8 Å². The van der Waals surface area contributed by atoms with E-state index in [1.807, 2.05) is 18.2 Å². The Hall–Kier alpha value is -2.11. The molecule has 0 saturated carbocycles. The summed E-state index contributed by atoms with van der Waals surface area (Å²) in [5, 5.41) is 6.20. The normalized spacial score (nSPS) is 18.7. The first-order chi connectivity index (χ1) is 12.7. The maximum Gasteiger partial charge on any atom is 0.253 e. The number of amides is 1. The maximum absolute atomic E-state index is 12.3. The molecule has 0 radical (unpaired) electrons. The van der Waals surface area contributed by atoms with Crippen LogP contribution in [0.2, 0.25) is 0 Å². The second-order valence-electron chi connectivity index (χ2n) is 6.87. The first kappa shape index (κ1) is 17.3. The van der Waals surface area contributed by atoms with E-state index in [0.29, 0.717) is 12.1 Å². The summed E-state index contributed by atoms with van der Waals surface area (Å²) in [6.07, 6.45) is 4.43. The van der Waals surface area contributed by atoms with Gasteiger partial charge in [-0.25, -0.2) is 0 Å². The van der Waals surface area contributed by atoms with Crippen molar-refractivity contribution in [3.05, 3.63) is 69.8 Å². The fourth-order valence-electron chi connectivity index (χ4n) is 3.55. The van der Waals surface area contributed by atoms with Gasteiger partial charge in [-0.15, -0.1) is 0 Å². The number of benzene rings is 2. The summed E-state index contributed by atoms with van der Waals surface area (Å²) < 4.78 is 0.975. The number of fused-ring (bicyclic) bond motifs is 1. The number of likely N-dealkylation sites (tertiary alicyclic amines) is 1. The molecular weight excluding hydrogens is 390 g/mol. The van der Waals surface area contributed by atoms with Gasteiger partial charge >= 0.3 is 0 Å². The number of nitrogens with zero attached hydrogens (tertiary/aromatic N) is 1. The Bertz CT molecular complexity index is 839. The van der Waals surface area contributed by atoms with Crippen molar-refractivity contribution < 1.29 is 4.79 Å². The molecule has 5 heteroatoms. The number of anilines is 1. The minimum Gasteiger partial charge on any atom is -0.361 e. The fraction of sp³-hybridized carbons (Fsp3) is 0.286. The number of hydrogen-bond acceptors (Lipinski definition) is 3. The van der Waals surface area contributed by atoms with Crippen LogP contribution in [0.25, 0.3) is 5.57 Å². The summed E-state index contributed by atoms with van der Waals surface area (Å²) in [6.45, 7) is 4.00. The summed E-state index contributed by atoms with van der Waals surface area (Å²) >= 11 is 3.49. The fourth-order valence-corrected chi connectivity index (χ4v) is 3.91. The molecule has 0 aliphatic carbocycles. The van der Waals surface area contributed by atoms with E-state index in [1.54, 1.807) is 6.20 Å². The van der Waals surface area contributed by atoms with E-state index in [2.05, 4.69) is 55.7 Å². The van der Waals surface area contributed by atoms with Crippen LogP contribution in [-0.4, -0.2) is 23.9 Å². The Kier molecular flexibility index (Phi) is 5.09. The first-order valence-corrected chi connectivity index (χ1v) is 9.83. The van der Waals surface area contributed by atoms with Crippen molar-refractivity contribution in [2.45, 2.75) is 25.9 Å². The van der Waals surface area contributed by atoms with Gasteiger partial charge < -0.3 is 10.6 Å². The molecule has 2 aromatic carbocycles. The third-order valence-corrected chi connectivity index (χ3v) is 5.48. The van der Waals surface area contributed by atoms with E-state index < -0.39 is 0 Å². The zero-order valence-corrected chi connectivity index (χ0v) is 16.2. The summed E-state index contributed by atoms with van der Waals surface area (Å²) in [6, 6.07) is 14.5. The van der Waals surface area contributed by atoms with Crippen LogP contribution in [0.5, 0.6) is 0 Å². The Morgan fingerprint density at radius 1 is 1.12 bits per heavy atom. The third kappa shape index (κ3) is 3.84. The lowest BCUT2D eigenvalue weighted by Gasteiger charge is -2.20. The molecule has 0 aromatic heterocycles. The maximum atomic E-state index is 12.3. The number of carbonyl (C=O) groups excluding carboxylic acids is 1. The number of halogens is 1. The van der Waals surface area contributed by atoms with Crippen molar-refractivity contribution in [1.29, 1.82) is 0 Å². The molecule has 0 unspecified atom stereocenters. The van der Waals surface area contributed by atoms with Crippen LogP contribution in [0.1, 0.15) is 29.5 Å². The molecule has 2 aromatic rings. The van der Waals surface area contributed by atoms with Gasteiger partial charge in [0.25, 0.3) is 5.91 Å². The molecule has 2 heterocycles. The largest absolute Gasteiger partial charge is 0.361 e. The SMILES string of the molecule is O=C1NCc2ccc(Br)cc2C1=CNc1ccc(CN2CCCC2)cc1. The van der Waals surface area contributed by atoms with Crippen molar-refractivity contribution in [3.8, 4) is 0 Å². The minimum absolute atomic E-state index is 0.0475. The van der Waals surface area contributed by atoms with Crippen LogP contribution in [0.3, 0.4) is 0 Å². The highest BCUT2D eigenvalue weighted by atomic mass is 79.9. The van der Waals surface area contributed by atoms with Crippen LogP contribution < -0.4 is 10.6 Å². The van der Waals surface area contributed by atoms with Crippen molar-refractivity contribution in [2.24, 2.45) is 0 Å². The zero-order valence-electron chi connectivity index (χ0n) is 14.6. The van der Waals surface area contributed by atoms with Gasteiger partial charge in [0.05, 0.1) is 5.57 Å². The number of hydrogen-bond donors (Lipinski definition) is 2. The average molecular weight is 412 g/mol. The summed E-state index contributed by atoms with van der Waals surface area (Å²) in [5.74, 6) is -0.0475. The third-order valence-electron chi connectivity index (χ3n) is 4.99. The summed E-state index contributed by atoms with van der Waals surface area (Å²) in [5.41, 5.74) is 5.07. The molecule has 134 valence electrons. The monoisotopic (exact) mass is 411 g/mol. The molecular formula is C21H22BrN3O. The standard InChI is InChI=1S/C21H22BrN3O/c22-17-6-5-16-12-24-21(26)20(19(16)11-17)13-23-18-7-3-15(4-8-18)14-25-9-1-2-10-25/h3-8,11,13,23H,1-2,9-10,12,14H2,(H,24,26). The molecule has 26 heavy (non-hydrogen) atoms. The first-order valence-electron chi connectivity index (χ1n) is 9.04. The second kappa shape index (κ2) is 7.64. The molecule has 0 spiro atoms. The van der Waals surface area contributed by atoms with Crippen LogP contribution >= 0.6 is 15.9 Å². The van der Waals surface area contributed by atoms with Gasteiger partial charge in [0, 0.05) is 29.4 Å². The minimum atomic E-state index is -0.0475. The van der Waals surface area contributed by atoms with Gasteiger partial charge in [-0.3, -0.25) is 9.69 Å². The highest BCUT2D eigenvalue weighted by Crippen LogP contribution is 2.27. The number of rotatable bonds is 4. The molecule has 0 bridgehead atoms. The molecule has 4 nitrogen and oxygen atoms in total. The molecule has 1 fully saturated rings. The highest BCUT2D eigenvalue weighted by molar-refractivity contribution is 9.10. The van der Waals surface area contributed by atoms with E-state index in [4.69, 9.17) is 0 Å². The Morgan fingerprint density at radius 2 is 1.88 bits per heavy atom. The van der Waals surface area contributed by atoms with Gasteiger partial charge in [0.2, 0.25) is 0 Å². The molecule has 2 N–H and O–H groups in total. The van der Waals surface area contributed by atoms with E-state index in [-0.39, 0.29) is 5.91 Å². The molecule has 2 aliphatic rings. The topological polar surface area (TPSA) is 44.4 Å². The van der Waals surface area contributed by atoms with Gasteiger partial charge in [0.15, 0.2) is 0 Å². The lowest BCUT2D eigenvalue weighted by atomic mass is 9.96. The van der Waals surface area contributed by atoms with Crippen LogP contribution in [0, 0.1) is 0 Å². The molecule has 4 rings (SSSR count). The van der Waals surface area contributed by atoms with E-state index >= 15 is 0 Å². The highest BCUT2D eigenvalue weighted by Gasteiger charge is 2.21. The lowest BCUT2D eigenvalue weighted by Crippen LogP contribution is -2.29. The number of nitrogens with one attached hydrogen (secondary N) is 2. The Balaban J connectivity index is 1.49. The van der Waals surface area contributed by atoms with Crippen molar-refractivity contribution >= 4 is 33.1 Å². The van der Waals surface area contributed by atoms with E-state index in [9.17, 15) is 4.79 Å². The van der Waals surface area contributed by atoms with Gasteiger partial charge in [0.1, 0.15) is 0 Å². The predicted octanol–water partition coefficient (Wildman–Crippen LogP) is 4.13. The second-order valence-corrected chi connectivity index (χ2v) is 7.78. The zero-order chi connectivity index (χ0) is 17.9. The van der Waals surface area contributed by atoms with Crippen LogP contribution in [-0.2, 0) is 17.9 Å². The lowest BCUT2D eigenvalue weighted by molar-refractivity contribution is -0.116. The molecule has 1 amide bonds. The van der Waals surface area contributed by atoms with Crippen molar-refractivity contribution in [2.75, 3.05) is 18.4 Å². The average Bonchev–Trinajstić information content (AvgIpc) is 3.15. The summed E-state index contributed by atoms with van der Waals surface area (Å²) in [4.78, 5) is 14.8. The molecule has 1 saturated heterocycles. The van der Waals surface area contributed by atoms with E-state index in [1.165, 1.54) is 31.5 Å². The molecule has 0 atom stereocenters. The van der Waals surface area contributed by atoms with Crippen LogP contribution in [0.15, 0.2) is 53.1 Å². The van der Waals surface area contributed by atoms with Crippen molar-refractivity contribution in [3.63, 3.8) is 0 Å². The van der Waals surface area contributed by atoms with Gasteiger partial charge in [-0.2, -0.15) is 0 Å². The molecule has 2 aliphatic heterocycles. The number of carbonyl (C=O) groups is 1. The Morgan fingerprint density at radius 3 is 2.65 bits per heavy atom. The van der Waals surface area contributed by atoms with Gasteiger partial charge in [-0.05, 0) is 66.9 Å².